The lowest BCUT2D eigenvalue weighted by atomic mass is 10.1. The molecular weight excluding hydrogens is 266 g/mol. The standard InChI is InChI=1S/C12H18BrN3/c1-9-7-12(15-8-11(9)13)16-10-3-2-5-14-6-4-10/h7-8,10,14H,2-6H2,1H3,(H,15,16). The van der Waals surface area contributed by atoms with E-state index in [4.69, 9.17) is 0 Å². The first kappa shape index (κ1) is 11.9. The number of nitrogens with zero attached hydrogens (tertiary/aromatic N) is 1. The van der Waals surface area contributed by atoms with Gasteiger partial charge in [-0.3, -0.25) is 0 Å². The van der Waals surface area contributed by atoms with Crippen LogP contribution in [0.4, 0.5) is 5.82 Å². The maximum absolute atomic E-state index is 4.39. The minimum absolute atomic E-state index is 0.558. The van der Waals surface area contributed by atoms with Crippen molar-refractivity contribution >= 4 is 21.7 Å². The molecule has 2 N–H and O–H groups in total. The van der Waals surface area contributed by atoms with Crippen LogP contribution in [0.3, 0.4) is 0 Å². The van der Waals surface area contributed by atoms with Crippen LogP contribution in [0.1, 0.15) is 24.8 Å². The Morgan fingerprint density at radius 3 is 3.12 bits per heavy atom. The Kier molecular flexibility index (Phi) is 4.18. The van der Waals surface area contributed by atoms with Crippen molar-refractivity contribution in [1.82, 2.24) is 10.3 Å². The number of halogens is 1. The number of pyridine rings is 1. The van der Waals surface area contributed by atoms with Crippen molar-refractivity contribution < 1.29 is 0 Å². The number of rotatable bonds is 2. The summed E-state index contributed by atoms with van der Waals surface area (Å²) in [6.07, 6.45) is 5.51. The second-order valence-corrected chi connectivity index (χ2v) is 5.20. The van der Waals surface area contributed by atoms with Gasteiger partial charge in [-0.05, 0) is 66.8 Å². The molecule has 3 nitrogen and oxygen atoms in total. The maximum atomic E-state index is 4.39. The minimum Gasteiger partial charge on any atom is -0.367 e. The molecule has 1 fully saturated rings. The van der Waals surface area contributed by atoms with E-state index >= 15 is 0 Å². The molecule has 1 aliphatic rings. The third kappa shape index (κ3) is 3.19. The molecule has 1 unspecified atom stereocenters. The Labute approximate surface area is 105 Å². The molecule has 16 heavy (non-hydrogen) atoms. The van der Waals surface area contributed by atoms with Crippen molar-refractivity contribution in [3.63, 3.8) is 0 Å². The van der Waals surface area contributed by atoms with Gasteiger partial charge in [0.1, 0.15) is 5.82 Å². The fourth-order valence-electron chi connectivity index (χ4n) is 1.99. The van der Waals surface area contributed by atoms with Crippen LogP contribution in [-0.4, -0.2) is 24.1 Å². The summed E-state index contributed by atoms with van der Waals surface area (Å²) in [7, 11) is 0. The SMILES string of the molecule is Cc1cc(NC2CCCNCC2)ncc1Br. The monoisotopic (exact) mass is 283 g/mol. The minimum atomic E-state index is 0.558. The smallest absolute Gasteiger partial charge is 0.126 e. The summed E-state index contributed by atoms with van der Waals surface area (Å²) in [5.41, 5.74) is 1.23. The van der Waals surface area contributed by atoms with Crippen molar-refractivity contribution in [3.05, 3.63) is 22.3 Å². The second-order valence-electron chi connectivity index (χ2n) is 4.34. The van der Waals surface area contributed by atoms with Crippen molar-refractivity contribution in [2.45, 2.75) is 32.2 Å². The van der Waals surface area contributed by atoms with Gasteiger partial charge in [0, 0.05) is 16.7 Å². The fraction of sp³-hybridized carbons (Fsp3) is 0.583. The highest BCUT2D eigenvalue weighted by Crippen LogP contribution is 2.19. The third-order valence-corrected chi connectivity index (χ3v) is 3.80. The number of aryl methyl sites for hydroxylation is 1. The van der Waals surface area contributed by atoms with Crippen molar-refractivity contribution in [3.8, 4) is 0 Å². The average molecular weight is 284 g/mol. The molecule has 1 atom stereocenters. The molecule has 0 spiro atoms. The van der Waals surface area contributed by atoms with E-state index in [2.05, 4.69) is 44.5 Å². The molecule has 88 valence electrons. The summed E-state index contributed by atoms with van der Waals surface area (Å²) in [5.74, 6) is 0.993. The van der Waals surface area contributed by atoms with Gasteiger partial charge in [-0.15, -0.1) is 0 Å². The molecule has 2 heterocycles. The van der Waals surface area contributed by atoms with Gasteiger partial charge in [-0.2, -0.15) is 0 Å². The predicted octanol–water partition coefficient (Wildman–Crippen LogP) is 2.71. The maximum Gasteiger partial charge on any atom is 0.126 e. The number of anilines is 1. The van der Waals surface area contributed by atoms with Gasteiger partial charge >= 0.3 is 0 Å². The molecule has 0 radical (unpaired) electrons. The first-order valence-corrected chi connectivity index (χ1v) is 6.64. The van der Waals surface area contributed by atoms with Gasteiger partial charge in [0.2, 0.25) is 0 Å². The van der Waals surface area contributed by atoms with Crippen LogP contribution < -0.4 is 10.6 Å². The van der Waals surface area contributed by atoms with Gasteiger partial charge in [-0.25, -0.2) is 4.98 Å². The lowest BCUT2D eigenvalue weighted by molar-refractivity contribution is 0.635. The number of hydrogen-bond acceptors (Lipinski definition) is 3. The van der Waals surface area contributed by atoms with Crippen LogP contribution in [0.5, 0.6) is 0 Å². The van der Waals surface area contributed by atoms with E-state index in [1.165, 1.54) is 24.8 Å². The first-order chi connectivity index (χ1) is 7.75. The molecule has 0 saturated carbocycles. The Morgan fingerprint density at radius 1 is 1.44 bits per heavy atom. The number of nitrogens with one attached hydrogen (secondary N) is 2. The quantitative estimate of drug-likeness (QED) is 0.876. The highest BCUT2D eigenvalue weighted by molar-refractivity contribution is 9.10. The van der Waals surface area contributed by atoms with Crippen molar-refractivity contribution in [1.29, 1.82) is 0 Å². The topological polar surface area (TPSA) is 37.0 Å². The highest BCUT2D eigenvalue weighted by Gasteiger charge is 2.12. The van der Waals surface area contributed by atoms with Gasteiger partial charge in [0.25, 0.3) is 0 Å². The second kappa shape index (κ2) is 5.64. The summed E-state index contributed by atoms with van der Waals surface area (Å²) >= 11 is 3.47. The van der Waals surface area contributed by atoms with Crippen LogP contribution in [0.2, 0.25) is 0 Å². The summed E-state index contributed by atoms with van der Waals surface area (Å²) in [4.78, 5) is 4.39. The van der Waals surface area contributed by atoms with Crippen LogP contribution in [0.15, 0.2) is 16.7 Å². The lowest BCUT2D eigenvalue weighted by Crippen LogP contribution is -2.22. The zero-order valence-corrected chi connectivity index (χ0v) is 11.2. The Morgan fingerprint density at radius 2 is 2.31 bits per heavy atom. The first-order valence-electron chi connectivity index (χ1n) is 5.85. The average Bonchev–Trinajstić information content (AvgIpc) is 2.52. The van der Waals surface area contributed by atoms with E-state index in [0.717, 1.165) is 23.4 Å². The van der Waals surface area contributed by atoms with Crippen LogP contribution >= 0.6 is 15.9 Å². The molecule has 2 rings (SSSR count). The van der Waals surface area contributed by atoms with Crippen LogP contribution in [-0.2, 0) is 0 Å². The van der Waals surface area contributed by atoms with Crippen molar-refractivity contribution in [2.75, 3.05) is 18.4 Å². The summed E-state index contributed by atoms with van der Waals surface area (Å²) in [6.45, 7) is 4.34. The van der Waals surface area contributed by atoms with E-state index in [9.17, 15) is 0 Å². The number of aromatic nitrogens is 1. The molecule has 0 aliphatic carbocycles. The normalized spacial score (nSPS) is 21.5. The van der Waals surface area contributed by atoms with E-state index in [1.54, 1.807) is 0 Å². The lowest BCUT2D eigenvalue weighted by Gasteiger charge is -2.16. The number of hydrogen-bond donors (Lipinski definition) is 2. The molecule has 0 bridgehead atoms. The van der Waals surface area contributed by atoms with E-state index < -0.39 is 0 Å². The fourth-order valence-corrected chi connectivity index (χ4v) is 2.21. The Hall–Kier alpha value is -0.610. The van der Waals surface area contributed by atoms with Crippen molar-refractivity contribution in [2.24, 2.45) is 0 Å². The third-order valence-electron chi connectivity index (χ3n) is 2.97. The highest BCUT2D eigenvalue weighted by atomic mass is 79.9. The Balaban J connectivity index is 1.99. The summed E-state index contributed by atoms with van der Waals surface area (Å²) in [5, 5.41) is 6.93. The predicted molar refractivity (Wildman–Crippen MR) is 70.8 cm³/mol. The molecule has 1 saturated heterocycles. The zero-order chi connectivity index (χ0) is 11.4. The van der Waals surface area contributed by atoms with Gasteiger partial charge in [-0.1, -0.05) is 0 Å². The molecule has 1 aromatic heterocycles. The van der Waals surface area contributed by atoms with Crippen LogP contribution in [0, 0.1) is 6.92 Å². The molecular formula is C12H18BrN3. The van der Waals surface area contributed by atoms with Gasteiger partial charge in [0.05, 0.1) is 0 Å². The molecule has 0 amide bonds. The van der Waals surface area contributed by atoms with E-state index in [-0.39, 0.29) is 0 Å². The molecule has 1 aromatic rings. The van der Waals surface area contributed by atoms with Gasteiger partial charge < -0.3 is 10.6 Å². The summed E-state index contributed by atoms with van der Waals surface area (Å²) in [6, 6.07) is 2.66. The zero-order valence-electron chi connectivity index (χ0n) is 9.59. The molecule has 0 aromatic carbocycles. The summed E-state index contributed by atoms with van der Waals surface area (Å²) < 4.78 is 1.07. The van der Waals surface area contributed by atoms with Crippen LogP contribution in [0.25, 0.3) is 0 Å². The largest absolute Gasteiger partial charge is 0.367 e. The Bertz CT molecular complexity index is 346. The molecule has 1 aliphatic heterocycles. The van der Waals surface area contributed by atoms with Gasteiger partial charge in [0.15, 0.2) is 0 Å². The molecule has 4 heteroatoms. The van der Waals surface area contributed by atoms with E-state index in [1.807, 2.05) is 6.20 Å². The van der Waals surface area contributed by atoms with E-state index in [0.29, 0.717) is 6.04 Å².